The van der Waals surface area contributed by atoms with Crippen molar-refractivity contribution in [2.24, 2.45) is 7.05 Å². The first kappa shape index (κ1) is 17.1. The van der Waals surface area contributed by atoms with Gasteiger partial charge in [-0.3, -0.25) is 9.48 Å². The van der Waals surface area contributed by atoms with Gasteiger partial charge in [-0.15, -0.1) is 0 Å². The van der Waals surface area contributed by atoms with Gasteiger partial charge in [0.05, 0.1) is 12.8 Å². The van der Waals surface area contributed by atoms with Gasteiger partial charge in [-0.25, -0.2) is 9.78 Å². The van der Waals surface area contributed by atoms with Gasteiger partial charge in [0.1, 0.15) is 11.5 Å². The average molecular weight is 342 g/mol. The molecule has 1 atom stereocenters. The summed E-state index contributed by atoms with van der Waals surface area (Å²) in [6, 6.07) is 5.19. The van der Waals surface area contributed by atoms with Gasteiger partial charge in [-0.2, -0.15) is 5.10 Å². The zero-order valence-corrected chi connectivity index (χ0v) is 15.1. The number of amides is 1. The molecule has 0 bridgehead atoms. The van der Waals surface area contributed by atoms with Gasteiger partial charge in [0.2, 0.25) is 5.91 Å². The van der Waals surface area contributed by atoms with Crippen molar-refractivity contribution in [3.63, 3.8) is 0 Å². The molecule has 7 heteroatoms. The third-order valence-corrected chi connectivity index (χ3v) is 4.31. The molecule has 1 aliphatic heterocycles. The number of nitrogens with zero attached hydrogens (tertiary/aromatic N) is 3. The van der Waals surface area contributed by atoms with Crippen LogP contribution in [0, 0.1) is 0 Å². The number of carbonyl (C=O) groups excluding carboxylic acids is 2. The number of carbonyl (C=O) groups is 2. The molecule has 0 fully saturated rings. The van der Waals surface area contributed by atoms with E-state index in [0.717, 1.165) is 11.3 Å². The Morgan fingerprint density at radius 1 is 1.36 bits per heavy atom. The monoisotopic (exact) mass is 342 g/mol. The molecule has 0 aliphatic carbocycles. The SMILES string of the molecule is COC(=O)c1cccc([C@@H]2CC(=O)Nc3c2c(C(C)(C)C)nn3C)n1. The molecular weight excluding hydrogens is 320 g/mol. The number of methoxy groups -OCH3 is 1. The van der Waals surface area contributed by atoms with Crippen LogP contribution in [0.3, 0.4) is 0 Å². The fraction of sp³-hybridized carbons (Fsp3) is 0.444. The lowest BCUT2D eigenvalue weighted by molar-refractivity contribution is -0.116. The first-order valence-corrected chi connectivity index (χ1v) is 8.15. The van der Waals surface area contributed by atoms with Crippen molar-refractivity contribution in [1.29, 1.82) is 0 Å². The average Bonchev–Trinajstić information content (AvgIpc) is 2.90. The molecular formula is C18H22N4O3. The van der Waals surface area contributed by atoms with Crippen molar-refractivity contribution < 1.29 is 14.3 Å². The van der Waals surface area contributed by atoms with Crippen LogP contribution in [0.2, 0.25) is 0 Å². The number of rotatable bonds is 2. The molecule has 3 heterocycles. The van der Waals surface area contributed by atoms with Crippen LogP contribution in [-0.4, -0.2) is 33.8 Å². The smallest absolute Gasteiger partial charge is 0.356 e. The molecule has 1 aliphatic rings. The van der Waals surface area contributed by atoms with Crippen molar-refractivity contribution in [1.82, 2.24) is 14.8 Å². The van der Waals surface area contributed by atoms with E-state index in [1.165, 1.54) is 7.11 Å². The fourth-order valence-corrected chi connectivity index (χ4v) is 3.16. The minimum atomic E-state index is -0.496. The predicted molar refractivity (Wildman–Crippen MR) is 92.6 cm³/mol. The number of fused-ring (bicyclic) bond motifs is 1. The number of anilines is 1. The highest BCUT2D eigenvalue weighted by Crippen LogP contribution is 2.42. The predicted octanol–water partition coefficient (Wildman–Crippen LogP) is 2.37. The number of esters is 1. The quantitative estimate of drug-likeness (QED) is 0.847. The lowest BCUT2D eigenvalue weighted by Crippen LogP contribution is -2.27. The molecule has 0 unspecified atom stereocenters. The molecule has 1 N–H and O–H groups in total. The third-order valence-electron chi connectivity index (χ3n) is 4.31. The van der Waals surface area contributed by atoms with E-state index >= 15 is 0 Å². The minimum Gasteiger partial charge on any atom is -0.464 e. The van der Waals surface area contributed by atoms with E-state index in [4.69, 9.17) is 4.74 Å². The summed E-state index contributed by atoms with van der Waals surface area (Å²) in [6.07, 6.45) is 0.263. The maximum absolute atomic E-state index is 12.2. The molecule has 0 spiro atoms. The molecule has 0 radical (unpaired) electrons. The van der Waals surface area contributed by atoms with Crippen LogP contribution in [0.5, 0.6) is 0 Å². The zero-order chi connectivity index (χ0) is 18.4. The van der Waals surface area contributed by atoms with E-state index in [1.54, 1.807) is 16.8 Å². The molecule has 132 valence electrons. The van der Waals surface area contributed by atoms with Crippen molar-refractivity contribution >= 4 is 17.7 Å². The van der Waals surface area contributed by atoms with E-state index in [-0.39, 0.29) is 29.4 Å². The second kappa shape index (κ2) is 5.98. The van der Waals surface area contributed by atoms with Crippen LogP contribution < -0.4 is 5.32 Å². The molecule has 25 heavy (non-hydrogen) atoms. The maximum Gasteiger partial charge on any atom is 0.356 e. The number of hydrogen-bond donors (Lipinski definition) is 1. The van der Waals surface area contributed by atoms with Crippen molar-refractivity contribution in [3.05, 3.63) is 40.8 Å². The largest absolute Gasteiger partial charge is 0.464 e. The zero-order valence-electron chi connectivity index (χ0n) is 15.1. The Morgan fingerprint density at radius 2 is 2.08 bits per heavy atom. The molecule has 7 nitrogen and oxygen atoms in total. The van der Waals surface area contributed by atoms with E-state index in [9.17, 15) is 9.59 Å². The van der Waals surface area contributed by atoms with Crippen LogP contribution in [0.4, 0.5) is 5.82 Å². The summed E-state index contributed by atoms with van der Waals surface area (Å²) in [4.78, 5) is 28.5. The normalized spacial score (nSPS) is 17.0. The molecule has 0 saturated carbocycles. The van der Waals surface area contributed by atoms with Gasteiger partial charge in [0, 0.05) is 36.1 Å². The number of aryl methyl sites for hydroxylation is 1. The van der Waals surface area contributed by atoms with Gasteiger partial charge < -0.3 is 10.1 Å². The number of hydrogen-bond acceptors (Lipinski definition) is 5. The van der Waals surface area contributed by atoms with Crippen LogP contribution in [0.15, 0.2) is 18.2 Å². The van der Waals surface area contributed by atoms with Gasteiger partial charge in [-0.1, -0.05) is 26.8 Å². The Hall–Kier alpha value is -2.70. The van der Waals surface area contributed by atoms with E-state index < -0.39 is 5.97 Å². The molecule has 2 aromatic heterocycles. The minimum absolute atomic E-state index is 0.0915. The maximum atomic E-state index is 12.2. The summed E-state index contributed by atoms with van der Waals surface area (Å²) in [5.41, 5.74) is 2.58. The van der Waals surface area contributed by atoms with Gasteiger partial charge in [-0.05, 0) is 12.1 Å². The van der Waals surface area contributed by atoms with Crippen LogP contribution in [0.1, 0.15) is 60.5 Å². The number of ether oxygens (including phenoxy) is 1. The standard InChI is InChI=1S/C18H22N4O3/c1-18(2,3)15-14-10(9-13(23)20-16(14)22(4)21-15)11-7-6-8-12(19-11)17(24)25-5/h6-8,10H,9H2,1-5H3,(H,20,23)/t10-/m0/s1. The summed E-state index contributed by atoms with van der Waals surface area (Å²) in [7, 11) is 3.14. The third kappa shape index (κ3) is 3.01. The second-order valence-corrected chi connectivity index (χ2v) is 7.23. The molecule has 0 saturated heterocycles. The topological polar surface area (TPSA) is 86.1 Å². The first-order valence-electron chi connectivity index (χ1n) is 8.15. The highest BCUT2D eigenvalue weighted by molar-refractivity contribution is 5.94. The number of aromatic nitrogens is 3. The molecule has 2 aromatic rings. The van der Waals surface area contributed by atoms with Crippen LogP contribution >= 0.6 is 0 Å². The van der Waals surface area contributed by atoms with E-state index in [2.05, 4.69) is 36.2 Å². The van der Waals surface area contributed by atoms with Crippen LogP contribution in [-0.2, 0) is 22.0 Å². The summed E-state index contributed by atoms with van der Waals surface area (Å²) in [5.74, 6) is -0.150. The molecule has 1 amide bonds. The lowest BCUT2D eigenvalue weighted by atomic mass is 9.81. The summed E-state index contributed by atoms with van der Waals surface area (Å²) < 4.78 is 6.45. The summed E-state index contributed by atoms with van der Waals surface area (Å²) in [5, 5.41) is 7.54. The molecule has 3 rings (SSSR count). The number of nitrogens with one attached hydrogen (secondary N) is 1. The Balaban J connectivity index is 2.17. The fourth-order valence-electron chi connectivity index (χ4n) is 3.16. The first-order chi connectivity index (χ1) is 11.7. The van der Waals surface area contributed by atoms with Gasteiger partial charge in [0.15, 0.2) is 0 Å². The Labute approximate surface area is 146 Å². The van der Waals surface area contributed by atoms with Crippen LogP contribution in [0.25, 0.3) is 0 Å². The van der Waals surface area contributed by atoms with E-state index in [1.807, 2.05) is 13.1 Å². The second-order valence-electron chi connectivity index (χ2n) is 7.23. The Morgan fingerprint density at radius 3 is 2.72 bits per heavy atom. The Bertz CT molecular complexity index is 848. The summed E-state index contributed by atoms with van der Waals surface area (Å²) in [6.45, 7) is 6.25. The molecule has 0 aromatic carbocycles. The highest BCUT2D eigenvalue weighted by atomic mass is 16.5. The van der Waals surface area contributed by atoms with Crippen molar-refractivity contribution in [3.8, 4) is 0 Å². The lowest BCUT2D eigenvalue weighted by Gasteiger charge is -2.26. The summed E-state index contributed by atoms with van der Waals surface area (Å²) >= 11 is 0. The van der Waals surface area contributed by atoms with Gasteiger partial charge >= 0.3 is 5.97 Å². The van der Waals surface area contributed by atoms with Crippen molar-refractivity contribution in [2.75, 3.05) is 12.4 Å². The van der Waals surface area contributed by atoms with E-state index in [0.29, 0.717) is 11.5 Å². The highest BCUT2D eigenvalue weighted by Gasteiger charge is 2.37. The van der Waals surface area contributed by atoms with Crippen molar-refractivity contribution in [2.45, 2.75) is 38.5 Å². The Kier molecular flexibility index (Phi) is 4.10. The number of pyridine rings is 1. The van der Waals surface area contributed by atoms with Gasteiger partial charge in [0.25, 0.3) is 0 Å².